The summed E-state index contributed by atoms with van der Waals surface area (Å²) in [6.45, 7) is 7.14. The van der Waals surface area contributed by atoms with Crippen molar-refractivity contribution in [1.29, 1.82) is 0 Å². The molecule has 1 aliphatic carbocycles. The van der Waals surface area contributed by atoms with E-state index in [1.54, 1.807) is 0 Å². The second-order valence-electron chi connectivity index (χ2n) is 5.98. The third kappa shape index (κ3) is 2.33. The van der Waals surface area contributed by atoms with Gasteiger partial charge in [0.05, 0.1) is 6.04 Å². The molecule has 86 valence electrons. The van der Waals surface area contributed by atoms with Crippen LogP contribution in [0.2, 0.25) is 0 Å². The Balaban J connectivity index is 1.96. The van der Waals surface area contributed by atoms with Gasteiger partial charge in [-0.15, -0.1) is 0 Å². The number of rotatable bonds is 1. The van der Waals surface area contributed by atoms with Gasteiger partial charge in [-0.1, -0.05) is 6.42 Å². The maximum atomic E-state index is 12.0. The molecule has 2 N–H and O–H groups in total. The van der Waals surface area contributed by atoms with Gasteiger partial charge in [-0.3, -0.25) is 4.79 Å². The van der Waals surface area contributed by atoms with Gasteiger partial charge < -0.3 is 10.6 Å². The number of hydrogen-bond donors (Lipinski definition) is 2. The highest BCUT2D eigenvalue weighted by Crippen LogP contribution is 2.37. The molecule has 15 heavy (non-hydrogen) atoms. The van der Waals surface area contributed by atoms with E-state index in [0.29, 0.717) is 5.92 Å². The molecule has 3 atom stereocenters. The zero-order valence-electron chi connectivity index (χ0n) is 9.97. The predicted molar refractivity (Wildman–Crippen MR) is 60.5 cm³/mol. The van der Waals surface area contributed by atoms with Crippen LogP contribution in [0.4, 0.5) is 0 Å². The van der Waals surface area contributed by atoms with E-state index in [4.69, 9.17) is 0 Å². The summed E-state index contributed by atoms with van der Waals surface area (Å²) in [6.07, 6.45) is 3.83. The maximum absolute atomic E-state index is 12.0. The first kappa shape index (κ1) is 10.9. The Bertz CT molecular complexity index is 257. The van der Waals surface area contributed by atoms with E-state index in [9.17, 15) is 4.79 Å². The second kappa shape index (κ2) is 3.78. The molecule has 3 unspecified atom stereocenters. The van der Waals surface area contributed by atoms with Crippen molar-refractivity contribution in [1.82, 2.24) is 10.6 Å². The molecule has 1 amide bonds. The molecule has 1 saturated carbocycles. The van der Waals surface area contributed by atoms with Gasteiger partial charge in [-0.2, -0.15) is 0 Å². The fourth-order valence-electron chi connectivity index (χ4n) is 2.92. The van der Waals surface area contributed by atoms with E-state index in [1.807, 2.05) is 20.8 Å². The third-order valence-corrected chi connectivity index (χ3v) is 3.53. The molecular formula is C12H22N2O. The lowest BCUT2D eigenvalue weighted by atomic mass is 9.93. The average Bonchev–Trinajstić information content (AvgIpc) is 2.57. The van der Waals surface area contributed by atoms with Gasteiger partial charge >= 0.3 is 0 Å². The highest BCUT2D eigenvalue weighted by atomic mass is 16.2. The van der Waals surface area contributed by atoms with Gasteiger partial charge in [0.2, 0.25) is 5.91 Å². The standard InChI is InChI=1S/C12H22N2O/c1-12(2,3)14-11(15)10-9-6-4-5-8(9)7-13-10/h8-10,13H,4-7H2,1-3H3,(H,14,15). The molecule has 3 heteroatoms. The highest BCUT2D eigenvalue weighted by molar-refractivity contribution is 5.83. The molecule has 3 nitrogen and oxygen atoms in total. The quantitative estimate of drug-likeness (QED) is 0.684. The van der Waals surface area contributed by atoms with Gasteiger partial charge in [0.1, 0.15) is 0 Å². The van der Waals surface area contributed by atoms with E-state index in [0.717, 1.165) is 12.5 Å². The molecule has 2 rings (SSSR count). The smallest absolute Gasteiger partial charge is 0.237 e. The molecule has 1 aliphatic heterocycles. The minimum Gasteiger partial charge on any atom is -0.350 e. The Morgan fingerprint density at radius 2 is 2.07 bits per heavy atom. The Morgan fingerprint density at radius 3 is 2.73 bits per heavy atom. The molecule has 0 bridgehead atoms. The van der Waals surface area contributed by atoms with Crippen molar-refractivity contribution in [3.05, 3.63) is 0 Å². The Morgan fingerprint density at radius 1 is 1.33 bits per heavy atom. The van der Waals surface area contributed by atoms with Crippen molar-refractivity contribution in [2.75, 3.05) is 6.54 Å². The molecule has 0 aromatic rings. The first-order valence-corrected chi connectivity index (χ1v) is 6.03. The molecule has 2 fully saturated rings. The summed E-state index contributed by atoms with van der Waals surface area (Å²) in [4.78, 5) is 12.0. The zero-order valence-corrected chi connectivity index (χ0v) is 9.97. The van der Waals surface area contributed by atoms with Crippen molar-refractivity contribution >= 4 is 5.91 Å². The summed E-state index contributed by atoms with van der Waals surface area (Å²) in [5.41, 5.74) is -0.116. The second-order valence-corrected chi connectivity index (χ2v) is 5.98. The molecule has 0 aromatic carbocycles. The van der Waals surface area contributed by atoms with E-state index in [-0.39, 0.29) is 17.5 Å². The summed E-state index contributed by atoms with van der Waals surface area (Å²) in [5, 5.41) is 6.44. The number of hydrogen-bond acceptors (Lipinski definition) is 2. The number of carbonyl (C=O) groups is 1. The zero-order chi connectivity index (χ0) is 11.1. The van der Waals surface area contributed by atoms with E-state index < -0.39 is 0 Å². The number of carbonyl (C=O) groups excluding carboxylic acids is 1. The topological polar surface area (TPSA) is 41.1 Å². The minimum atomic E-state index is -0.116. The third-order valence-electron chi connectivity index (χ3n) is 3.53. The Labute approximate surface area is 92.0 Å². The van der Waals surface area contributed by atoms with Crippen LogP contribution >= 0.6 is 0 Å². The number of nitrogens with one attached hydrogen (secondary N) is 2. The van der Waals surface area contributed by atoms with Gasteiger partial charge in [0.25, 0.3) is 0 Å². The SMILES string of the molecule is CC(C)(C)NC(=O)C1NCC2CCCC21. The summed E-state index contributed by atoms with van der Waals surface area (Å²) in [6, 6.07) is 0.0664. The van der Waals surface area contributed by atoms with Crippen LogP contribution in [0, 0.1) is 11.8 Å². The molecular weight excluding hydrogens is 188 g/mol. The Kier molecular flexibility index (Phi) is 2.75. The lowest BCUT2D eigenvalue weighted by molar-refractivity contribution is -0.125. The lowest BCUT2D eigenvalue weighted by Gasteiger charge is -2.25. The van der Waals surface area contributed by atoms with Crippen molar-refractivity contribution in [3.63, 3.8) is 0 Å². The summed E-state index contributed by atoms with van der Waals surface area (Å²) in [7, 11) is 0. The molecule has 1 saturated heterocycles. The van der Waals surface area contributed by atoms with Gasteiger partial charge in [-0.25, -0.2) is 0 Å². The van der Waals surface area contributed by atoms with E-state index in [2.05, 4.69) is 10.6 Å². The summed E-state index contributed by atoms with van der Waals surface area (Å²) in [5.74, 6) is 1.53. The van der Waals surface area contributed by atoms with Gasteiger partial charge in [0, 0.05) is 5.54 Å². The Hall–Kier alpha value is -0.570. The normalized spacial score (nSPS) is 35.3. The van der Waals surface area contributed by atoms with Crippen LogP contribution in [0.5, 0.6) is 0 Å². The molecule has 0 radical (unpaired) electrons. The van der Waals surface area contributed by atoms with Crippen molar-refractivity contribution in [2.45, 2.75) is 51.6 Å². The van der Waals surface area contributed by atoms with Crippen molar-refractivity contribution in [2.24, 2.45) is 11.8 Å². The monoisotopic (exact) mass is 210 g/mol. The van der Waals surface area contributed by atoms with Crippen LogP contribution in [-0.4, -0.2) is 24.0 Å². The van der Waals surface area contributed by atoms with Gasteiger partial charge in [-0.05, 0) is 52.0 Å². The molecule has 0 spiro atoms. The maximum Gasteiger partial charge on any atom is 0.237 e. The average molecular weight is 210 g/mol. The van der Waals surface area contributed by atoms with Crippen LogP contribution in [0.15, 0.2) is 0 Å². The van der Waals surface area contributed by atoms with Crippen LogP contribution in [-0.2, 0) is 4.79 Å². The van der Waals surface area contributed by atoms with Crippen LogP contribution in [0.1, 0.15) is 40.0 Å². The highest BCUT2D eigenvalue weighted by Gasteiger charge is 2.42. The summed E-state index contributed by atoms with van der Waals surface area (Å²) >= 11 is 0. The number of amides is 1. The molecule has 1 heterocycles. The van der Waals surface area contributed by atoms with Crippen LogP contribution in [0.3, 0.4) is 0 Å². The first-order valence-electron chi connectivity index (χ1n) is 6.03. The molecule has 2 aliphatic rings. The van der Waals surface area contributed by atoms with Crippen LogP contribution in [0.25, 0.3) is 0 Å². The largest absolute Gasteiger partial charge is 0.350 e. The summed E-state index contributed by atoms with van der Waals surface area (Å²) < 4.78 is 0. The van der Waals surface area contributed by atoms with Crippen LogP contribution < -0.4 is 10.6 Å². The fraction of sp³-hybridized carbons (Fsp3) is 0.917. The van der Waals surface area contributed by atoms with Crippen molar-refractivity contribution in [3.8, 4) is 0 Å². The predicted octanol–water partition coefficient (Wildman–Crippen LogP) is 1.29. The van der Waals surface area contributed by atoms with Crippen molar-refractivity contribution < 1.29 is 4.79 Å². The van der Waals surface area contributed by atoms with Gasteiger partial charge in [0.15, 0.2) is 0 Å². The number of fused-ring (bicyclic) bond motifs is 1. The first-order chi connectivity index (χ1) is 6.97. The fourth-order valence-corrected chi connectivity index (χ4v) is 2.92. The molecule has 0 aromatic heterocycles. The minimum absolute atomic E-state index is 0.0664. The lowest BCUT2D eigenvalue weighted by Crippen LogP contribution is -2.50. The van der Waals surface area contributed by atoms with E-state index in [1.165, 1.54) is 19.3 Å². The van der Waals surface area contributed by atoms with E-state index >= 15 is 0 Å².